The second-order valence-corrected chi connectivity index (χ2v) is 5.82. The molecule has 0 amide bonds. The number of aliphatic hydroxyl groups is 1. The van der Waals surface area contributed by atoms with Crippen LogP contribution in [0.1, 0.15) is 11.6 Å². The Balaban J connectivity index is 2.32. The van der Waals surface area contributed by atoms with Gasteiger partial charge < -0.3 is 10.1 Å². The van der Waals surface area contributed by atoms with Crippen LogP contribution in [0.2, 0.25) is 0 Å². The van der Waals surface area contributed by atoms with Gasteiger partial charge in [-0.05, 0) is 5.56 Å². The Morgan fingerprint density at radius 3 is 2.50 bits per heavy atom. The third-order valence-electron chi connectivity index (χ3n) is 2.76. The lowest BCUT2D eigenvalue weighted by molar-refractivity contribution is 0.259. The molecule has 1 unspecified atom stereocenters. The van der Waals surface area contributed by atoms with E-state index in [-0.39, 0.29) is 4.90 Å². The Labute approximate surface area is 116 Å². The molecule has 0 aliphatic carbocycles. The van der Waals surface area contributed by atoms with E-state index in [9.17, 15) is 18.3 Å². The fraction of sp³-hybridized carbons (Fsp3) is 0.154. The summed E-state index contributed by atoms with van der Waals surface area (Å²) < 4.78 is 26.6. The molecule has 0 saturated heterocycles. The first-order valence-corrected chi connectivity index (χ1v) is 7.38. The normalized spacial score (nSPS) is 13.1. The van der Waals surface area contributed by atoms with Crippen molar-refractivity contribution in [2.24, 2.45) is 0 Å². The maximum Gasteiger partial charge on any atom is 0.246 e. The molecule has 0 aliphatic rings. The number of hydrogen-bond acceptors (Lipinski definition) is 4. The van der Waals surface area contributed by atoms with Crippen LogP contribution < -0.4 is 10.2 Å². The molecule has 0 fully saturated rings. The fourth-order valence-electron chi connectivity index (χ4n) is 1.76. The Kier molecular flexibility index (Phi) is 4.33. The van der Waals surface area contributed by atoms with Crippen molar-refractivity contribution in [2.75, 3.05) is 6.61 Å². The largest absolute Gasteiger partial charge is 0.394 e. The maximum absolute atomic E-state index is 12.2. The number of benzene rings is 1. The molecule has 0 spiro atoms. The average molecular weight is 294 g/mol. The topological polar surface area (TPSA) is 99.3 Å². The summed E-state index contributed by atoms with van der Waals surface area (Å²) in [5.41, 5.74) is 0.00642. The third kappa shape index (κ3) is 3.13. The van der Waals surface area contributed by atoms with Crippen molar-refractivity contribution in [3.8, 4) is 0 Å². The van der Waals surface area contributed by atoms with Gasteiger partial charge in [-0.1, -0.05) is 30.3 Å². The van der Waals surface area contributed by atoms with Gasteiger partial charge in [0.05, 0.1) is 12.6 Å². The van der Waals surface area contributed by atoms with Crippen molar-refractivity contribution in [3.63, 3.8) is 0 Å². The molecule has 6 nitrogen and oxygen atoms in total. The van der Waals surface area contributed by atoms with Crippen LogP contribution in [0.15, 0.2) is 58.5 Å². The Hall–Kier alpha value is -1.96. The zero-order valence-corrected chi connectivity index (χ0v) is 11.3. The first-order valence-electron chi connectivity index (χ1n) is 5.90. The molecule has 0 saturated carbocycles. The van der Waals surface area contributed by atoms with Crippen LogP contribution in [0.5, 0.6) is 0 Å². The van der Waals surface area contributed by atoms with Gasteiger partial charge in [0.2, 0.25) is 15.5 Å². The third-order valence-corrected chi connectivity index (χ3v) is 4.25. The lowest BCUT2D eigenvalue weighted by Crippen LogP contribution is -2.33. The van der Waals surface area contributed by atoms with Crippen molar-refractivity contribution in [2.45, 2.75) is 10.9 Å². The van der Waals surface area contributed by atoms with E-state index in [0.29, 0.717) is 5.56 Å². The highest BCUT2D eigenvalue weighted by Gasteiger charge is 2.22. The fourth-order valence-corrected chi connectivity index (χ4v) is 3.03. The van der Waals surface area contributed by atoms with E-state index < -0.39 is 28.1 Å². The molecule has 106 valence electrons. The average Bonchev–Trinajstić information content (AvgIpc) is 2.46. The van der Waals surface area contributed by atoms with Crippen LogP contribution >= 0.6 is 0 Å². The number of pyridine rings is 1. The van der Waals surface area contributed by atoms with Gasteiger partial charge in [-0.25, -0.2) is 13.1 Å². The van der Waals surface area contributed by atoms with E-state index in [1.165, 1.54) is 6.20 Å². The lowest BCUT2D eigenvalue weighted by atomic mass is 10.1. The number of rotatable bonds is 5. The molecule has 1 heterocycles. The summed E-state index contributed by atoms with van der Waals surface area (Å²) in [6.07, 6.45) is 2.46. The van der Waals surface area contributed by atoms with Gasteiger partial charge in [-0.3, -0.25) is 4.79 Å². The molecule has 1 atom stereocenters. The van der Waals surface area contributed by atoms with E-state index in [1.54, 1.807) is 30.3 Å². The Morgan fingerprint density at radius 1 is 1.20 bits per heavy atom. The number of H-pyrrole nitrogens is 1. The molecule has 20 heavy (non-hydrogen) atoms. The van der Waals surface area contributed by atoms with Crippen molar-refractivity contribution < 1.29 is 13.5 Å². The van der Waals surface area contributed by atoms with Crippen LogP contribution in [0.3, 0.4) is 0 Å². The monoisotopic (exact) mass is 294 g/mol. The zero-order valence-electron chi connectivity index (χ0n) is 10.5. The zero-order chi connectivity index (χ0) is 14.6. The molecule has 0 aliphatic heterocycles. The van der Waals surface area contributed by atoms with Gasteiger partial charge in [0.25, 0.3) is 0 Å². The first kappa shape index (κ1) is 14.4. The van der Waals surface area contributed by atoms with E-state index in [4.69, 9.17) is 0 Å². The second-order valence-electron chi connectivity index (χ2n) is 4.14. The van der Waals surface area contributed by atoms with E-state index in [0.717, 1.165) is 12.3 Å². The number of sulfonamides is 1. The SMILES string of the molecule is O=c1cc[nH]cc1S(=O)(=O)NC(CO)c1ccccc1. The summed E-state index contributed by atoms with van der Waals surface area (Å²) in [5.74, 6) is 0. The van der Waals surface area contributed by atoms with Gasteiger partial charge in [0, 0.05) is 18.5 Å². The van der Waals surface area contributed by atoms with Gasteiger partial charge >= 0.3 is 0 Å². The van der Waals surface area contributed by atoms with Crippen LogP contribution in [-0.4, -0.2) is 25.1 Å². The highest BCUT2D eigenvalue weighted by Crippen LogP contribution is 2.14. The van der Waals surface area contributed by atoms with Gasteiger partial charge in [0.1, 0.15) is 4.90 Å². The quantitative estimate of drug-likeness (QED) is 0.742. The molecule has 2 aromatic rings. The summed E-state index contributed by atoms with van der Waals surface area (Å²) in [5, 5.41) is 9.35. The van der Waals surface area contributed by atoms with Crippen molar-refractivity contribution in [1.82, 2.24) is 9.71 Å². The molecular weight excluding hydrogens is 280 g/mol. The Bertz CT molecular complexity index is 725. The standard InChI is InChI=1S/C13H14N2O4S/c16-9-11(10-4-2-1-3-5-10)15-20(18,19)13-8-14-7-6-12(13)17/h1-8,11,15-16H,9H2,(H,14,17). The van der Waals surface area contributed by atoms with Crippen LogP contribution in [-0.2, 0) is 10.0 Å². The molecule has 1 aromatic heterocycles. The van der Waals surface area contributed by atoms with Gasteiger partial charge in [-0.2, -0.15) is 0 Å². The number of nitrogens with one attached hydrogen (secondary N) is 2. The van der Waals surface area contributed by atoms with Crippen molar-refractivity contribution in [3.05, 3.63) is 64.6 Å². The molecule has 0 bridgehead atoms. The van der Waals surface area contributed by atoms with E-state index in [1.807, 2.05) is 0 Å². The predicted octanol–water partition coefficient (Wildman–Crippen LogP) is 0.387. The number of aromatic nitrogens is 1. The molecular formula is C13H14N2O4S. The van der Waals surface area contributed by atoms with Gasteiger partial charge in [-0.15, -0.1) is 0 Å². The molecule has 7 heteroatoms. The molecule has 0 radical (unpaired) electrons. The van der Waals surface area contributed by atoms with E-state index in [2.05, 4.69) is 9.71 Å². The summed E-state index contributed by atoms with van der Waals surface area (Å²) in [6, 6.07) is 8.97. The molecule has 1 aromatic carbocycles. The highest BCUT2D eigenvalue weighted by atomic mass is 32.2. The summed E-state index contributed by atoms with van der Waals surface area (Å²) in [6.45, 7) is -0.409. The summed E-state index contributed by atoms with van der Waals surface area (Å²) in [4.78, 5) is 13.7. The lowest BCUT2D eigenvalue weighted by Gasteiger charge is -2.16. The predicted molar refractivity (Wildman–Crippen MR) is 73.7 cm³/mol. The van der Waals surface area contributed by atoms with Crippen LogP contribution in [0.4, 0.5) is 0 Å². The second kappa shape index (κ2) is 6.00. The smallest absolute Gasteiger partial charge is 0.246 e. The van der Waals surface area contributed by atoms with Crippen molar-refractivity contribution in [1.29, 1.82) is 0 Å². The number of aromatic amines is 1. The maximum atomic E-state index is 12.2. The Morgan fingerprint density at radius 2 is 1.90 bits per heavy atom. The van der Waals surface area contributed by atoms with Crippen LogP contribution in [0, 0.1) is 0 Å². The summed E-state index contributed by atoms with van der Waals surface area (Å²) in [7, 11) is -4.00. The minimum Gasteiger partial charge on any atom is -0.394 e. The first-order chi connectivity index (χ1) is 9.54. The van der Waals surface area contributed by atoms with Crippen LogP contribution in [0.25, 0.3) is 0 Å². The summed E-state index contributed by atoms with van der Waals surface area (Å²) >= 11 is 0. The van der Waals surface area contributed by atoms with Crippen molar-refractivity contribution >= 4 is 10.0 Å². The molecule has 3 N–H and O–H groups in total. The highest BCUT2D eigenvalue weighted by molar-refractivity contribution is 7.89. The van der Waals surface area contributed by atoms with E-state index >= 15 is 0 Å². The minimum atomic E-state index is -4.00. The molecule has 2 rings (SSSR count). The minimum absolute atomic E-state index is 0.380. The number of hydrogen-bond donors (Lipinski definition) is 3. The van der Waals surface area contributed by atoms with Gasteiger partial charge in [0.15, 0.2) is 0 Å². The number of aliphatic hydroxyl groups excluding tert-OH is 1.